The lowest BCUT2D eigenvalue weighted by Gasteiger charge is -2.19. The molecule has 8 nitrogen and oxygen atoms in total. The number of pyridine rings is 1. The Morgan fingerprint density at radius 1 is 1.27 bits per heavy atom. The van der Waals surface area contributed by atoms with Crippen LogP contribution >= 0.6 is 11.6 Å². The number of hydrogen-bond donors (Lipinski definition) is 0. The number of methoxy groups -OCH3 is 1. The van der Waals surface area contributed by atoms with E-state index in [9.17, 15) is 9.30 Å². The second-order valence-electron chi connectivity index (χ2n) is 7.25. The zero-order valence-corrected chi connectivity index (χ0v) is 17.3. The summed E-state index contributed by atoms with van der Waals surface area (Å²) in [6, 6.07) is 8.05. The SMILES string of the molecule is COc1ccc(-n2c(CN=O)nnc2N2CC(c3ccc(F)cc3Cl)[C@@H](C)C2)cn1. The van der Waals surface area contributed by atoms with Crippen LogP contribution in [0.25, 0.3) is 5.69 Å². The number of rotatable bonds is 6. The van der Waals surface area contributed by atoms with Crippen molar-refractivity contribution >= 4 is 17.5 Å². The lowest BCUT2D eigenvalue weighted by atomic mass is 9.90. The first-order chi connectivity index (χ1) is 14.5. The molecular formula is C20H20ClFN6O2. The molecule has 10 heteroatoms. The van der Waals surface area contributed by atoms with E-state index in [0.29, 0.717) is 41.5 Å². The van der Waals surface area contributed by atoms with Crippen LogP contribution in [0, 0.1) is 16.6 Å². The molecule has 3 heterocycles. The monoisotopic (exact) mass is 430 g/mol. The highest BCUT2D eigenvalue weighted by molar-refractivity contribution is 6.31. The van der Waals surface area contributed by atoms with Crippen LogP contribution in [-0.4, -0.2) is 39.9 Å². The van der Waals surface area contributed by atoms with Gasteiger partial charge in [-0.2, -0.15) is 4.91 Å². The van der Waals surface area contributed by atoms with E-state index in [1.165, 1.54) is 12.1 Å². The molecule has 1 unspecified atom stereocenters. The maximum absolute atomic E-state index is 13.5. The normalized spacial score (nSPS) is 18.6. The molecule has 1 aromatic carbocycles. The van der Waals surface area contributed by atoms with Gasteiger partial charge in [-0.25, -0.2) is 9.37 Å². The minimum atomic E-state index is -0.357. The van der Waals surface area contributed by atoms with Crippen molar-refractivity contribution in [3.05, 3.63) is 63.7 Å². The Morgan fingerprint density at radius 2 is 2.10 bits per heavy atom. The number of nitroso groups, excluding NO2 is 1. The van der Waals surface area contributed by atoms with Crippen LogP contribution in [0.3, 0.4) is 0 Å². The van der Waals surface area contributed by atoms with Crippen molar-refractivity contribution in [3.63, 3.8) is 0 Å². The topological polar surface area (TPSA) is 85.5 Å². The zero-order valence-electron chi connectivity index (χ0n) is 16.5. The predicted molar refractivity (Wildman–Crippen MR) is 111 cm³/mol. The summed E-state index contributed by atoms with van der Waals surface area (Å²) >= 11 is 6.31. The van der Waals surface area contributed by atoms with Crippen LogP contribution in [0.4, 0.5) is 10.3 Å². The van der Waals surface area contributed by atoms with Gasteiger partial charge in [-0.3, -0.25) is 4.57 Å². The second kappa shape index (κ2) is 8.35. The molecular weight excluding hydrogens is 411 g/mol. The van der Waals surface area contributed by atoms with Crippen LogP contribution in [-0.2, 0) is 6.54 Å². The number of aromatic nitrogens is 4. The number of ether oxygens (including phenoxy) is 1. The van der Waals surface area contributed by atoms with E-state index in [4.69, 9.17) is 16.3 Å². The summed E-state index contributed by atoms with van der Waals surface area (Å²) in [4.78, 5) is 17.2. The van der Waals surface area contributed by atoms with E-state index in [1.807, 2.05) is 6.07 Å². The molecule has 0 bridgehead atoms. The van der Waals surface area contributed by atoms with Crippen LogP contribution in [0.1, 0.15) is 24.2 Å². The third-order valence-electron chi connectivity index (χ3n) is 5.36. The van der Waals surface area contributed by atoms with Crippen molar-refractivity contribution in [2.45, 2.75) is 19.4 Å². The van der Waals surface area contributed by atoms with Crippen molar-refractivity contribution in [1.29, 1.82) is 0 Å². The fourth-order valence-corrected chi connectivity index (χ4v) is 4.21. The Balaban J connectivity index is 1.69. The number of benzene rings is 1. The predicted octanol–water partition coefficient (Wildman–Crippen LogP) is 3.97. The Bertz CT molecular complexity index is 1060. The van der Waals surface area contributed by atoms with E-state index < -0.39 is 0 Å². The molecule has 4 rings (SSSR count). The molecule has 2 aromatic heterocycles. The zero-order chi connectivity index (χ0) is 21.3. The van der Waals surface area contributed by atoms with Crippen molar-refractivity contribution in [1.82, 2.24) is 19.7 Å². The molecule has 0 radical (unpaired) electrons. The number of halogens is 2. The van der Waals surface area contributed by atoms with Gasteiger partial charge >= 0.3 is 0 Å². The average molecular weight is 431 g/mol. The smallest absolute Gasteiger partial charge is 0.232 e. The average Bonchev–Trinajstić information content (AvgIpc) is 3.32. The maximum atomic E-state index is 13.5. The summed E-state index contributed by atoms with van der Waals surface area (Å²) in [5, 5.41) is 11.9. The molecule has 1 aliphatic heterocycles. The molecule has 1 aliphatic rings. The van der Waals surface area contributed by atoms with E-state index in [1.54, 1.807) is 30.0 Å². The largest absolute Gasteiger partial charge is 0.481 e. The van der Waals surface area contributed by atoms with Gasteiger partial charge in [0.15, 0.2) is 5.82 Å². The highest BCUT2D eigenvalue weighted by Crippen LogP contribution is 2.38. The quantitative estimate of drug-likeness (QED) is 0.550. The van der Waals surface area contributed by atoms with Gasteiger partial charge in [-0.1, -0.05) is 29.8 Å². The van der Waals surface area contributed by atoms with E-state index in [-0.39, 0.29) is 24.2 Å². The number of anilines is 1. The van der Waals surface area contributed by atoms with Crippen molar-refractivity contribution < 1.29 is 9.13 Å². The van der Waals surface area contributed by atoms with Gasteiger partial charge in [0, 0.05) is 30.1 Å². The molecule has 0 saturated carbocycles. The third kappa shape index (κ3) is 3.72. The fourth-order valence-electron chi connectivity index (χ4n) is 3.90. The lowest BCUT2D eigenvalue weighted by Crippen LogP contribution is -2.24. The van der Waals surface area contributed by atoms with Crippen LogP contribution in [0.2, 0.25) is 5.02 Å². The summed E-state index contributed by atoms with van der Waals surface area (Å²) in [6.45, 7) is 3.33. The Morgan fingerprint density at radius 3 is 2.77 bits per heavy atom. The van der Waals surface area contributed by atoms with Gasteiger partial charge < -0.3 is 9.64 Å². The molecule has 0 amide bonds. The molecule has 0 N–H and O–H groups in total. The van der Waals surface area contributed by atoms with Crippen LogP contribution < -0.4 is 9.64 Å². The molecule has 1 fully saturated rings. The van der Waals surface area contributed by atoms with E-state index >= 15 is 0 Å². The lowest BCUT2D eigenvalue weighted by molar-refractivity contribution is 0.398. The van der Waals surface area contributed by atoms with Crippen molar-refractivity contribution in [2.75, 3.05) is 25.1 Å². The second-order valence-corrected chi connectivity index (χ2v) is 7.66. The van der Waals surface area contributed by atoms with Gasteiger partial charge in [-0.05, 0) is 29.7 Å². The minimum Gasteiger partial charge on any atom is -0.481 e. The molecule has 30 heavy (non-hydrogen) atoms. The summed E-state index contributed by atoms with van der Waals surface area (Å²) in [5.41, 5.74) is 1.60. The summed E-state index contributed by atoms with van der Waals surface area (Å²) in [5.74, 6) is 1.48. The van der Waals surface area contributed by atoms with E-state index in [0.717, 1.165) is 5.56 Å². The fraction of sp³-hybridized carbons (Fsp3) is 0.350. The van der Waals surface area contributed by atoms with Crippen LogP contribution in [0.5, 0.6) is 5.88 Å². The molecule has 0 aliphatic carbocycles. The minimum absolute atomic E-state index is 0.102. The summed E-state index contributed by atoms with van der Waals surface area (Å²) in [6.07, 6.45) is 1.63. The Hall–Kier alpha value is -3.07. The number of hydrogen-bond acceptors (Lipinski definition) is 7. The van der Waals surface area contributed by atoms with Crippen molar-refractivity contribution in [3.8, 4) is 11.6 Å². The first-order valence-electron chi connectivity index (χ1n) is 9.45. The molecule has 156 valence electrons. The molecule has 2 atom stereocenters. The molecule has 0 spiro atoms. The number of nitrogens with zero attached hydrogens (tertiary/aromatic N) is 6. The first kappa shape index (κ1) is 20.2. The first-order valence-corrected chi connectivity index (χ1v) is 9.83. The highest BCUT2D eigenvalue weighted by atomic mass is 35.5. The maximum Gasteiger partial charge on any atom is 0.232 e. The Labute approximate surface area is 177 Å². The standard InChI is InChI=1S/C20H20ClFN6O2/c1-12-10-27(11-16(12)15-5-3-13(22)7-17(15)21)20-26-25-18(9-24-29)28(20)14-4-6-19(30-2)23-8-14/h3-8,12,16H,9-11H2,1-2H3/t12-,16?/m0/s1. The van der Waals surface area contributed by atoms with E-state index in [2.05, 4.69) is 32.2 Å². The van der Waals surface area contributed by atoms with Gasteiger partial charge in [0.2, 0.25) is 11.8 Å². The van der Waals surface area contributed by atoms with Crippen molar-refractivity contribution in [2.24, 2.45) is 11.1 Å². The third-order valence-corrected chi connectivity index (χ3v) is 5.69. The van der Waals surface area contributed by atoms with Gasteiger partial charge in [0.05, 0.1) is 19.0 Å². The highest BCUT2D eigenvalue weighted by Gasteiger charge is 2.35. The van der Waals surface area contributed by atoms with Gasteiger partial charge in [0.25, 0.3) is 0 Å². The van der Waals surface area contributed by atoms with Gasteiger partial charge in [-0.15, -0.1) is 10.2 Å². The summed E-state index contributed by atoms with van der Waals surface area (Å²) < 4.78 is 20.4. The molecule has 3 aromatic rings. The van der Waals surface area contributed by atoms with Gasteiger partial charge in [0.1, 0.15) is 12.4 Å². The van der Waals surface area contributed by atoms with Crippen LogP contribution in [0.15, 0.2) is 41.7 Å². The summed E-state index contributed by atoms with van der Waals surface area (Å²) in [7, 11) is 1.54. The Kier molecular flexibility index (Phi) is 5.63. The molecule has 1 saturated heterocycles.